The molecule has 0 aliphatic heterocycles. The molecule has 0 unspecified atom stereocenters. The molecule has 0 aliphatic rings. The van der Waals surface area contributed by atoms with Crippen LogP contribution in [0.5, 0.6) is 0 Å². The van der Waals surface area contributed by atoms with Crippen LogP contribution in [0.4, 0.5) is 5.69 Å². The third-order valence-electron chi connectivity index (χ3n) is 1.53. The lowest BCUT2D eigenvalue weighted by atomic mass is 10.2. The Morgan fingerprint density at radius 2 is 2.00 bits per heavy atom. The average molecular weight is 199 g/mol. The second-order valence-electron chi connectivity index (χ2n) is 2.56. The van der Waals surface area contributed by atoms with Crippen molar-refractivity contribution >= 4 is 23.1 Å². The Morgan fingerprint density at radius 3 is 2.46 bits per heavy atom. The van der Waals surface area contributed by atoms with Gasteiger partial charge < -0.3 is 10.8 Å². The first-order valence-corrected chi connectivity index (χ1v) is 4.38. The minimum absolute atomic E-state index is 0.0367. The topological polar surface area (TPSA) is 58.6 Å². The van der Waals surface area contributed by atoms with Crippen molar-refractivity contribution in [1.82, 2.24) is 0 Å². The molecule has 1 aromatic carbocycles. The lowest BCUT2D eigenvalue weighted by Crippen LogP contribution is -2.12. The molecule has 70 valence electrons. The Morgan fingerprint density at radius 1 is 1.38 bits per heavy atom. The first-order valence-electron chi connectivity index (χ1n) is 3.85. The Balaban J connectivity index is 2.80. The van der Waals surface area contributed by atoms with Crippen LogP contribution in [0.3, 0.4) is 0 Å². The van der Waals surface area contributed by atoms with Crippen molar-refractivity contribution in [2.45, 2.75) is 6.61 Å². The lowest BCUT2D eigenvalue weighted by molar-refractivity contribution is 0.282. The summed E-state index contributed by atoms with van der Waals surface area (Å²) in [7, 11) is 0. The minimum Gasteiger partial charge on any atom is -0.392 e. The van der Waals surface area contributed by atoms with Crippen molar-refractivity contribution < 1.29 is 5.11 Å². The fourth-order valence-electron chi connectivity index (χ4n) is 0.872. The molecule has 0 radical (unpaired) electrons. The lowest BCUT2D eigenvalue weighted by Gasteiger charge is -1.98. The fourth-order valence-corrected chi connectivity index (χ4v) is 0.931. The van der Waals surface area contributed by atoms with E-state index in [1.807, 2.05) is 0 Å². The van der Waals surface area contributed by atoms with E-state index >= 15 is 0 Å². The molecule has 1 rings (SSSR count). The summed E-state index contributed by atoms with van der Waals surface area (Å²) >= 11 is 5.46. The van der Waals surface area contributed by atoms with Crippen LogP contribution in [0.15, 0.2) is 29.3 Å². The van der Waals surface area contributed by atoms with E-state index in [0.717, 1.165) is 11.3 Å². The second-order valence-corrected chi connectivity index (χ2v) is 2.83. The molecule has 0 atom stereocenters. The van der Waals surface area contributed by atoms with Crippen molar-refractivity contribution in [3.05, 3.63) is 29.8 Å². The highest BCUT2D eigenvalue weighted by atomic mass is 35.5. The number of aliphatic hydroxyl groups is 1. The van der Waals surface area contributed by atoms with Gasteiger partial charge in [-0.3, -0.25) is 0 Å². The van der Waals surface area contributed by atoms with E-state index < -0.39 is 0 Å². The zero-order valence-corrected chi connectivity index (χ0v) is 7.83. The van der Waals surface area contributed by atoms with Crippen molar-refractivity contribution in [2.24, 2.45) is 10.7 Å². The van der Waals surface area contributed by atoms with Crippen molar-refractivity contribution in [2.75, 3.05) is 5.88 Å². The zero-order valence-electron chi connectivity index (χ0n) is 7.07. The molecule has 0 saturated heterocycles. The van der Waals surface area contributed by atoms with Crippen LogP contribution in [-0.2, 0) is 6.61 Å². The summed E-state index contributed by atoms with van der Waals surface area (Å²) in [5.41, 5.74) is 7.04. The molecule has 0 aromatic heterocycles. The number of nitrogens with two attached hydrogens (primary N) is 1. The molecule has 1 aromatic rings. The Labute approximate surface area is 81.9 Å². The van der Waals surface area contributed by atoms with Gasteiger partial charge in [0.15, 0.2) is 0 Å². The predicted octanol–water partition coefficient (Wildman–Crippen LogP) is 1.41. The Bertz CT molecular complexity index is 295. The summed E-state index contributed by atoms with van der Waals surface area (Å²) in [4.78, 5) is 4.03. The van der Waals surface area contributed by atoms with E-state index in [0.29, 0.717) is 5.84 Å². The summed E-state index contributed by atoms with van der Waals surface area (Å²) in [5.74, 6) is 0.611. The van der Waals surface area contributed by atoms with E-state index in [1.54, 1.807) is 24.3 Å². The molecule has 0 amide bonds. The molecule has 4 heteroatoms. The highest BCUT2D eigenvalue weighted by molar-refractivity contribution is 6.28. The molecular formula is C9H11ClN2O. The third kappa shape index (κ3) is 3.05. The van der Waals surface area contributed by atoms with Crippen LogP contribution >= 0.6 is 11.6 Å². The average Bonchev–Trinajstić information content (AvgIpc) is 2.19. The van der Waals surface area contributed by atoms with Gasteiger partial charge >= 0.3 is 0 Å². The van der Waals surface area contributed by atoms with Gasteiger partial charge in [0.05, 0.1) is 18.2 Å². The quantitative estimate of drug-likeness (QED) is 0.438. The molecule has 0 spiro atoms. The maximum absolute atomic E-state index is 8.77. The zero-order chi connectivity index (χ0) is 9.68. The molecular weight excluding hydrogens is 188 g/mol. The highest BCUT2D eigenvalue weighted by Crippen LogP contribution is 2.12. The maximum atomic E-state index is 8.77. The number of aliphatic imine (C=N–C) groups is 1. The van der Waals surface area contributed by atoms with Gasteiger partial charge in [-0.25, -0.2) is 4.99 Å². The molecule has 3 N–H and O–H groups in total. The maximum Gasteiger partial charge on any atom is 0.115 e. The Kier molecular flexibility index (Phi) is 3.73. The van der Waals surface area contributed by atoms with Crippen molar-refractivity contribution in [3.8, 4) is 0 Å². The molecule has 0 fully saturated rings. The van der Waals surface area contributed by atoms with Gasteiger partial charge in [-0.2, -0.15) is 0 Å². The van der Waals surface area contributed by atoms with Gasteiger partial charge in [0.2, 0.25) is 0 Å². The first kappa shape index (κ1) is 10.0. The molecule has 0 bridgehead atoms. The van der Waals surface area contributed by atoms with Gasteiger partial charge in [-0.05, 0) is 17.7 Å². The second kappa shape index (κ2) is 4.84. The SMILES string of the molecule is NC(CCl)=Nc1ccc(CO)cc1. The van der Waals surface area contributed by atoms with Gasteiger partial charge in [-0.15, -0.1) is 11.6 Å². The summed E-state index contributed by atoms with van der Waals surface area (Å²) in [6.45, 7) is 0.0367. The highest BCUT2D eigenvalue weighted by Gasteiger charge is 1.92. The van der Waals surface area contributed by atoms with Crippen LogP contribution in [0, 0.1) is 0 Å². The Hall–Kier alpha value is -1.06. The van der Waals surface area contributed by atoms with E-state index in [1.165, 1.54) is 0 Å². The van der Waals surface area contributed by atoms with Crippen LogP contribution in [0.25, 0.3) is 0 Å². The fraction of sp³-hybridized carbons (Fsp3) is 0.222. The molecule has 13 heavy (non-hydrogen) atoms. The first-order chi connectivity index (χ1) is 6.26. The number of hydrogen-bond acceptors (Lipinski definition) is 2. The summed E-state index contributed by atoms with van der Waals surface area (Å²) in [5, 5.41) is 8.77. The minimum atomic E-state index is 0.0367. The van der Waals surface area contributed by atoms with Crippen LogP contribution in [0.1, 0.15) is 5.56 Å². The number of hydrogen-bond donors (Lipinski definition) is 2. The largest absolute Gasteiger partial charge is 0.392 e. The number of benzene rings is 1. The number of nitrogens with zero attached hydrogens (tertiary/aromatic N) is 1. The number of rotatable bonds is 3. The van der Waals surface area contributed by atoms with Crippen LogP contribution in [-0.4, -0.2) is 16.8 Å². The number of amidine groups is 1. The van der Waals surface area contributed by atoms with Crippen LogP contribution in [0.2, 0.25) is 0 Å². The van der Waals surface area contributed by atoms with Gasteiger partial charge in [0.1, 0.15) is 5.84 Å². The van der Waals surface area contributed by atoms with Gasteiger partial charge in [0.25, 0.3) is 0 Å². The molecule has 0 aliphatic carbocycles. The van der Waals surface area contributed by atoms with Crippen LogP contribution < -0.4 is 5.73 Å². The number of halogens is 1. The molecule has 0 saturated carbocycles. The van der Waals surface area contributed by atoms with E-state index in [4.69, 9.17) is 22.4 Å². The standard InChI is InChI=1S/C9H11ClN2O/c10-5-9(11)12-8-3-1-7(6-13)2-4-8/h1-4,13H,5-6H2,(H2,11,12). The predicted molar refractivity (Wildman–Crippen MR) is 54.4 cm³/mol. The monoisotopic (exact) mass is 198 g/mol. The number of alkyl halides is 1. The van der Waals surface area contributed by atoms with E-state index in [-0.39, 0.29) is 12.5 Å². The van der Waals surface area contributed by atoms with E-state index in [9.17, 15) is 0 Å². The van der Waals surface area contributed by atoms with Gasteiger partial charge in [0, 0.05) is 0 Å². The van der Waals surface area contributed by atoms with E-state index in [2.05, 4.69) is 4.99 Å². The normalized spacial score (nSPS) is 11.7. The summed E-state index contributed by atoms with van der Waals surface area (Å²) in [6, 6.07) is 7.15. The molecule has 3 nitrogen and oxygen atoms in total. The van der Waals surface area contributed by atoms with Crippen molar-refractivity contribution in [3.63, 3.8) is 0 Å². The smallest absolute Gasteiger partial charge is 0.115 e. The van der Waals surface area contributed by atoms with Crippen molar-refractivity contribution in [1.29, 1.82) is 0 Å². The molecule has 0 heterocycles. The third-order valence-corrected chi connectivity index (χ3v) is 1.80. The summed E-state index contributed by atoms with van der Waals surface area (Å²) < 4.78 is 0. The summed E-state index contributed by atoms with van der Waals surface area (Å²) in [6.07, 6.45) is 0. The number of aliphatic hydroxyl groups excluding tert-OH is 1. The van der Waals surface area contributed by atoms with Gasteiger partial charge in [-0.1, -0.05) is 12.1 Å².